The van der Waals surface area contributed by atoms with E-state index in [1.165, 1.54) is 0 Å². The maximum absolute atomic E-state index is 13.3. The number of hydrogen-bond acceptors (Lipinski definition) is 8. The Morgan fingerprint density at radius 1 is 0.846 bits per heavy atom. The number of rotatable bonds is 15. The third kappa shape index (κ3) is 7.66. The number of hydrogen-bond donors (Lipinski definition) is 0. The lowest BCUT2D eigenvalue weighted by molar-refractivity contribution is 0.192. The zero-order valence-electron chi connectivity index (χ0n) is 15.4. The summed E-state index contributed by atoms with van der Waals surface area (Å²) in [7, 11) is -7.90. The Bertz CT molecular complexity index is 557. The Labute approximate surface area is 152 Å². The molecule has 0 amide bonds. The fourth-order valence-corrected chi connectivity index (χ4v) is 7.64. The average molecular weight is 412 g/mol. The van der Waals surface area contributed by atoms with Crippen molar-refractivity contribution in [3.05, 3.63) is 20.9 Å². The predicted octanol–water partition coefficient (Wildman–Crippen LogP) is 5.22. The summed E-state index contributed by atoms with van der Waals surface area (Å²) in [6, 6.07) is -0.927. The van der Waals surface area contributed by atoms with E-state index in [1.807, 2.05) is 0 Å². The lowest BCUT2D eigenvalue weighted by Crippen LogP contribution is -2.23. The molecule has 0 saturated carbocycles. The van der Waals surface area contributed by atoms with Gasteiger partial charge in [-0.15, -0.1) is 0 Å². The van der Waals surface area contributed by atoms with E-state index >= 15 is 0 Å². The molecule has 1 atom stereocenters. The van der Waals surface area contributed by atoms with Gasteiger partial charge in [0.05, 0.1) is 26.4 Å². The second-order valence-corrected chi connectivity index (χ2v) is 9.59. The van der Waals surface area contributed by atoms with Crippen molar-refractivity contribution in [2.24, 2.45) is 10.2 Å². The van der Waals surface area contributed by atoms with Crippen molar-refractivity contribution < 1.29 is 27.2 Å². The van der Waals surface area contributed by atoms with E-state index < -0.39 is 26.6 Å². The quantitative estimate of drug-likeness (QED) is 0.154. The highest BCUT2D eigenvalue weighted by molar-refractivity contribution is 7.72. The second-order valence-electron chi connectivity index (χ2n) is 4.74. The van der Waals surface area contributed by atoms with Crippen molar-refractivity contribution in [1.82, 2.24) is 0 Å². The molecule has 0 aliphatic heterocycles. The van der Waals surface area contributed by atoms with Crippen LogP contribution < -0.4 is 0 Å². The standard InChI is InChI=1S/C12H26N6O6P2/c1-5-21-25(19,22-6-2)12(26(20,23-7-3)24-8-4)9-11(16-18-14)10-15-17-13/h11-12H,5-10H2,1-4H3. The molecule has 0 rings (SSSR count). The summed E-state index contributed by atoms with van der Waals surface area (Å²) in [4.78, 5) is 5.30. The summed E-state index contributed by atoms with van der Waals surface area (Å²) in [5.41, 5.74) is 17.2. The molecule has 150 valence electrons. The van der Waals surface area contributed by atoms with Gasteiger partial charge in [-0.2, -0.15) is 0 Å². The van der Waals surface area contributed by atoms with Crippen LogP contribution in [0.4, 0.5) is 0 Å². The minimum atomic E-state index is -3.95. The van der Waals surface area contributed by atoms with Gasteiger partial charge in [-0.25, -0.2) is 0 Å². The Morgan fingerprint density at radius 2 is 1.27 bits per heavy atom. The molecule has 0 spiro atoms. The fraction of sp³-hybridized carbons (Fsp3) is 1.00. The molecular weight excluding hydrogens is 386 g/mol. The van der Waals surface area contributed by atoms with Crippen molar-refractivity contribution in [3.63, 3.8) is 0 Å². The van der Waals surface area contributed by atoms with E-state index in [2.05, 4.69) is 20.1 Å². The van der Waals surface area contributed by atoms with Crippen LogP contribution in [0.3, 0.4) is 0 Å². The van der Waals surface area contributed by atoms with Gasteiger partial charge in [0.2, 0.25) is 0 Å². The predicted molar refractivity (Wildman–Crippen MR) is 97.1 cm³/mol. The lowest BCUT2D eigenvalue weighted by Gasteiger charge is -2.32. The van der Waals surface area contributed by atoms with Crippen LogP contribution >= 0.6 is 15.2 Å². The molecule has 14 heteroatoms. The highest BCUT2D eigenvalue weighted by atomic mass is 31.2. The van der Waals surface area contributed by atoms with E-state index in [0.717, 1.165) is 0 Å². The molecule has 0 saturated heterocycles. The summed E-state index contributed by atoms with van der Waals surface area (Å²) < 4.78 is 47.9. The van der Waals surface area contributed by atoms with E-state index in [4.69, 9.17) is 29.2 Å². The molecule has 0 fully saturated rings. The monoisotopic (exact) mass is 412 g/mol. The fourth-order valence-electron chi connectivity index (χ4n) is 2.18. The molecule has 0 N–H and O–H groups in total. The van der Waals surface area contributed by atoms with Gasteiger partial charge in [-0.3, -0.25) is 9.13 Å². The highest BCUT2D eigenvalue weighted by Crippen LogP contribution is 2.71. The molecule has 0 radical (unpaired) electrons. The Morgan fingerprint density at radius 3 is 1.58 bits per heavy atom. The first-order valence-electron chi connectivity index (χ1n) is 8.19. The third-order valence-corrected chi connectivity index (χ3v) is 9.07. The maximum atomic E-state index is 13.3. The van der Waals surface area contributed by atoms with Crippen molar-refractivity contribution in [1.29, 1.82) is 0 Å². The lowest BCUT2D eigenvalue weighted by atomic mass is 10.2. The van der Waals surface area contributed by atoms with Crippen LogP contribution in [-0.4, -0.2) is 44.4 Å². The van der Waals surface area contributed by atoms with Gasteiger partial charge < -0.3 is 18.1 Å². The summed E-state index contributed by atoms with van der Waals surface area (Å²) in [5, 5.41) is 5.55. The van der Waals surface area contributed by atoms with E-state index in [9.17, 15) is 9.13 Å². The summed E-state index contributed by atoms with van der Waals surface area (Å²) in [6.45, 7) is 6.37. The van der Waals surface area contributed by atoms with Crippen molar-refractivity contribution in [3.8, 4) is 0 Å². The topological polar surface area (TPSA) is 169 Å². The third-order valence-electron chi connectivity index (χ3n) is 3.02. The number of nitrogens with zero attached hydrogens (tertiary/aromatic N) is 6. The van der Waals surface area contributed by atoms with Gasteiger partial charge >= 0.3 is 15.2 Å². The van der Waals surface area contributed by atoms with E-state index in [0.29, 0.717) is 0 Å². The highest BCUT2D eigenvalue weighted by Gasteiger charge is 2.51. The summed E-state index contributed by atoms with van der Waals surface area (Å²) in [5.74, 6) is 0. The van der Waals surface area contributed by atoms with Crippen LogP contribution in [0.25, 0.3) is 20.9 Å². The SMILES string of the molecule is CCOP(=O)(OCC)C(CC(CN=[N+]=[N-])N=[N+]=[N-])P(=O)(OCC)OCC. The molecule has 0 aliphatic rings. The van der Waals surface area contributed by atoms with Gasteiger partial charge in [-0.1, -0.05) is 10.2 Å². The molecule has 0 aromatic heterocycles. The van der Waals surface area contributed by atoms with Gasteiger partial charge in [0, 0.05) is 22.4 Å². The van der Waals surface area contributed by atoms with E-state index in [-0.39, 0.29) is 39.4 Å². The molecule has 0 aromatic rings. The summed E-state index contributed by atoms with van der Waals surface area (Å²) >= 11 is 0. The molecule has 26 heavy (non-hydrogen) atoms. The van der Waals surface area contributed by atoms with Gasteiger partial charge in [0.1, 0.15) is 0 Å². The first-order valence-corrected chi connectivity index (χ1v) is 11.4. The molecule has 12 nitrogen and oxygen atoms in total. The zero-order valence-corrected chi connectivity index (χ0v) is 17.2. The average Bonchev–Trinajstić information content (AvgIpc) is 2.58. The van der Waals surface area contributed by atoms with Crippen LogP contribution in [0, 0.1) is 0 Å². The summed E-state index contributed by atoms with van der Waals surface area (Å²) in [6.07, 6.45) is -0.225. The van der Waals surface area contributed by atoms with Crippen LogP contribution in [0.1, 0.15) is 34.1 Å². The Hall–Kier alpha value is -1.08. The van der Waals surface area contributed by atoms with Gasteiger partial charge in [0.15, 0.2) is 5.40 Å². The zero-order chi connectivity index (χ0) is 20.1. The molecule has 1 unspecified atom stereocenters. The van der Waals surface area contributed by atoms with Gasteiger partial charge in [-0.05, 0) is 45.2 Å². The first kappa shape index (κ1) is 24.9. The van der Waals surface area contributed by atoms with E-state index in [1.54, 1.807) is 27.7 Å². The minimum Gasteiger partial charge on any atom is -0.308 e. The largest absolute Gasteiger partial charge is 0.345 e. The van der Waals surface area contributed by atoms with Crippen LogP contribution in [0.2, 0.25) is 0 Å². The van der Waals surface area contributed by atoms with Crippen molar-refractivity contribution in [2.45, 2.75) is 45.6 Å². The molecule has 0 bridgehead atoms. The van der Waals surface area contributed by atoms with Crippen molar-refractivity contribution >= 4 is 15.2 Å². The Balaban J connectivity index is 6.12. The maximum Gasteiger partial charge on any atom is 0.345 e. The molecule has 0 aromatic carbocycles. The number of azide groups is 2. The minimum absolute atomic E-state index is 0.0363. The van der Waals surface area contributed by atoms with Crippen molar-refractivity contribution in [2.75, 3.05) is 33.0 Å². The molecular formula is C12H26N6O6P2. The van der Waals surface area contributed by atoms with Crippen LogP contribution in [-0.2, 0) is 27.2 Å². The van der Waals surface area contributed by atoms with Crippen LogP contribution in [0.5, 0.6) is 0 Å². The normalized spacial score (nSPS) is 13.1. The first-order chi connectivity index (χ1) is 12.4. The second kappa shape index (κ2) is 13.1. The smallest absolute Gasteiger partial charge is 0.308 e. The van der Waals surface area contributed by atoms with Gasteiger partial charge in [0.25, 0.3) is 0 Å². The molecule has 0 aliphatic carbocycles. The Kier molecular flexibility index (Phi) is 12.6. The molecule has 0 heterocycles. The van der Waals surface area contributed by atoms with Crippen LogP contribution in [0.15, 0.2) is 10.2 Å².